The van der Waals surface area contributed by atoms with E-state index in [1.807, 2.05) is 49.4 Å². The van der Waals surface area contributed by atoms with Crippen molar-refractivity contribution in [2.24, 2.45) is 0 Å². The lowest BCUT2D eigenvalue weighted by Gasteiger charge is -2.17. The van der Waals surface area contributed by atoms with Crippen LogP contribution in [0.3, 0.4) is 0 Å². The van der Waals surface area contributed by atoms with Crippen LogP contribution in [0.5, 0.6) is 11.5 Å². The first-order chi connectivity index (χ1) is 20.2. The number of benzene rings is 3. The van der Waals surface area contributed by atoms with Gasteiger partial charge in [0.05, 0.1) is 12.4 Å². The van der Waals surface area contributed by atoms with Gasteiger partial charge in [-0.15, -0.1) is 0 Å². The number of phenols is 1. The van der Waals surface area contributed by atoms with Crippen LogP contribution >= 0.6 is 0 Å². The van der Waals surface area contributed by atoms with Gasteiger partial charge in [-0.1, -0.05) is 87.7 Å². The number of phenolic OH excluding ortho intramolecular Hbond substituents is 1. The van der Waals surface area contributed by atoms with Crippen LogP contribution in [-0.4, -0.2) is 56.0 Å². The second kappa shape index (κ2) is 16.8. The molecule has 226 valence electrons. The largest absolute Gasteiger partial charge is 0.508 e. The lowest BCUT2D eigenvalue weighted by atomic mass is 9.88. The van der Waals surface area contributed by atoms with Crippen molar-refractivity contribution in [1.82, 2.24) is 4.90 Å². The predicted octanol–water partition coefficient (Wildman–Crippen LogP) is 7.37. The molecule has 0 aliphatic heterocycles. The molecule has 0 bridgehead atoms. The molecule has 7 heteroatoms. The van der Waals surface area contributed by atoms with Gasteiger partial charge in [-0.25, -0.2) is 8.42 Å². The van der Waals surface area contributed by atoms with Crippen molar-refractivity contribution < 1.29 is 23.1 Å². The highest BCUT2D eigenvalue weighted by atomic mass is 32.2. The highest BCUT2D eigenvalue weighted by molar-refractivity contribution is 7.92. The van der Waals surface area contributed by atoms with Gasteiger partial charge in [0.2, 0.25) is 5.91 Å². The Morgan fingerprint density at radius 2 is 1.40 bits per heavy atom. The summed E-state index contributed by atoms with van der Waals surface area (Å²) < 4.78 is 30.6. The molecule has 3 aromatic carbocycles. The Labute approximate surface area is 252 Å². The van der Waals surface area contributed by atoms with Crippen molar-refractivity contribution in [3.63, 3.8) is 0 Å². The highest BCUT2D eigenvalue weighted by Gasteiger charge is 2.19. The molecule has 0 aliphatic rings. The molecule has 42 heavy (non-hydrogen) atoms. The second-order valence-corrected chi connectivity index (χ2v) is 12.9. The van der Waals surface area contributed by atoms with Crippen molar-refractivity contribution >= 4 is 26.9 Å². The summed E-state index contributed by atoms with van der Waals surface area (Å²) in [5.74, 6) is 0.347. The number of hydrogen-bond acceptors (Lipinski definition) is 5. The van der Waals surface area contributed by atoms with Gasteiger partial charge in [0.1, 0.15) is 17.3 Å². The summed E-state index contributed by atoms with van der Waals surface area (Å²) in [7, 11) is -1.72. The van der Waals surface area contributed by atoms with Crippen LogP contribution in [0.25, 0.3) is 11.1 Å². The lowest BCUT2D eigenvalue weighted by molar-refractivity contribution is -0.127. The molecule has 3 rings (SSSR count). The first kappa shape index (κ1) is 32.9. The molecule has 0 aromatic heterocycles. The van der Waals surface area contributed by atoms with Gasteiger partial charge in [-0.05, 0) is 77.8 Å². The van der Waals surface area contributed by atoms with Gasteiger partial charge >= 0.3 is 0 Å². The fourth-order valence-corrected chi connectivity index (χ4v) is 6.27. The van der Waals surface area contributed by atoms with Gasteiger partial charge in [-0.3, -0.25) is 4.79 Å². The van der Waals surface area contributed by atoms with E-state index < -0.39 is 15.6 Å². The van der Waals surface area contributed by atoms with E-state index in [2.05, 4.69) is 31.2 Å². The van der Waals surface area contributed by atoms with Gasteiger partial charge < -0.3 is 14.7 Å². The molecule has 3 aromatic rings. The molecule has 0 radical (unpaired) electrons. The van der Waals surface area contributed by atoms with Crippen molar-refractivity contribution in [1.29, 1.82) is 0 Å². The van der Waals surface area contributed by atoms with Crippen LogP contribution in [0.1, 0.15) is 75.5 Å². The highest BCUT2D eigenvalue weighted by Crippen LogP contribution is 2.35. The van der Waals surface area contributed by atoms with Crippen LogP contribution < -0.4 is 4.74 Å². The average Bonchev–Trinajstić information content (AvgIpc) is 2.99. The molecule has 0 heterocycles. The van der Waals surface area contributed by atoms with Crippen LogP contribution in [-0.2, 0) is 14.6 Å². The monoisotopic (exact) mass is 591 g/mol. The molecule has 0 spiro atoms. The minimum atomic E-state index is -3.38. The first-order valence-corrected chi connectivity index (χ1v) is 16.8. The number of allylic oxidation sites excluding steroid dienone is 1. The Hall–Kier alpha value is -3.58. The van der Waals surface area contributed by atoms with Gasteiger partial charge in [0, 0.05) is 13.6 Å². The smallest absolute Gasteiger partial charge is 0.237 e. The minimum Gasteiger partial charge on any atom is -0.508 e. The Morgan fingerprint density at radius 3 is 2.02 bits per heavy atom. The Bertz CT molecular complexity index is 1380. The van der Waals surface area contributed by atoms with Crippen molar-refractivity contribution in [3.8, 4) is 11.5 Å². The molecule has 0 unspecified atom stereocenters. The Morgan fingerprint density at radius 1 is 0.786 bits per heavy atom. The van der Waals surface area contributed by atoms with E-state index in [4.69, 9.17) is 4.74 Å². The molecule has 1 N–H and O–H groups in total. The maximum absolute atomic E-state index is 12.3. The predicted molar refractivity (Wildman–Crippen MR) is 172 cm³/mol. The summed E-state index contributed by atoms with van der Waals surface area (Å²) in [4.78, 5) is 13.7. The number of carbonyl (C=O) groups is 1. The molecule has 0 fully saturated rings. The third-order valence-corrected chi connectivity index (χ3v) is 8.91. The molecule has 0 atom stereocenters. The SMILES string of the molecule is CCCCN(C)C(=O)CS(=O)(=O)CCCCCCOc1ccc(/C(=C(/CC)c2ccccc2)c2ccc(O)cc2)cc1. The summed E-state index contributed by atoms with van der Waals surface area (Å²) >= 11 is 0. The van der Waals surface area contributed by atoms with E-state index in [0.29, 0.717) is 19.6 Å². The van der Waals surface area contributed by atoms with E-state index >= 15 is 0 Å². The van der Waals surface area contributed by atoms with Crippen molar-refractivity contribution in [2.75, 3.05) is 31.7 Å². The zero-order valence-electron chi connectivity index (χ0n) is 25.2. The molecule has 1 amide bonds. The van der Waals surface area contributed by atoms with Crippen LogP contribution in [0, 0.1) is 0 Å². The number of nitrogens with zero attached hydrogens (tertiary/aromatic N) is 1. The van der Waals surface area contributed by atoms with Gasteiger partial charge in [0.15, 0.2) is 9.84 Å². The summed E-state index contributed by atoms with van der Waals surface area (Å²) in [5, 5.41) is 9.84. The molecule has 0 saturated heterocycles. The van der Waals surface area contributed by atoms with Crippen LogP contribution in [0.15, 0.2) is 78.9 Å². The second-order valence-electron chi connectivity index (χ2n) is 10.7. The summed E-state index contributed by atoms with van der Waals surface area (Å²) in [5.41, 5.74) is 5.63. The van der Waals surface area contributed by atoms with E-state index in [0.717, 1.165) is 61.0 Å². The number of sulfone groups is 1. The van der Waals surface area contributed by atoms with Crippen LogP contribution in [0.2, 0.25) is 0 Å². The number of rotatable bonds is 17. The fraction of sp³-hybridized carbons (Fsp3) is 0.400. The van der Waals surface area contributed by atoms with E-state index in [1.165, 1.54) is 16.0 Å². The molecular weight excluding hydrogens is 546 g/mol. The van der Waals surface area contributed by atoms with Crippen molar-refractivity contribution in [3.05, 3.63) is 95.6 Å². The number of unbranched alkanes of at least 4 members (excludes halogenated alkanes) is 4. The third-order valence-electron chi connectivity index (χ3n) is 7.31. The topological polar surface area (TPSA) is 83.9 Å². The van der Waals surface area contributed by atoms with Gasteiger partial charge in [-0.2, -0.15) is 0 Å². The zero-order chi connectivity index (χ0) is 30.4. The Kier molecular flexibility index (Phi) is 13.1. The summed E-state index contributed by atoms with van der Waals surface area (Å²) in [6.45, 7) is 5.34. The summed E-state index contributed by atoms with van der Waals surface area (Å²) in [6.07, 6.45) is 5.72. The molecule has 6 nitrogen and oxygen atoms in total. The van der Waals surface area contributed by atoms with Gasteiger partial charge in [0.25, 0.3) is 0 Å². The standard InChI is InChI=1S/C35H45NO5S/c1-4-6-24-36(3)34(38)27-42(39,40)26-13-8-7-12-25-41-32-22-18-30(19-23-32)35(29-16-20-31(37)21-17-29)33(5-2)28-14-10-9-11-15-28/h9-11,14-23,37H,4-8,12-13,24-27H2,1-3H3/b35-33-. The third kappa shape index (κ3) is 10.4. The Balaban J connectivity index is 1.52. The quantitative estimate of drug-likeness (QED) is 0.131. The average molecular weight is 592 g/mol. The van der Waals surface area contributed by atoms with Crippen molar-refractivity contribution in [2.45, 2.75) is 58.8 Å². The molecular formula is C35H45NO5S. The maximum Gasteiger partial charge on any atom is 0.237 e. The van der Waals surface area contributed by atoms with E-state index in [-0.39, 0.29) is 17.4 Å². The number of hydrogen-bond donors (Lipinski definition) is 1. The molecule has 0 saturated carbocycles. The number of aromatic hydroxyl groups is 1. The van der Waals surface area contributed by atoms with Crippen LogP contribution in [0.4, 0.5) is 0 Å². The van der Waals surface area contributed by atoms with E-state index in [1.54, 1.807) is 19.2 Å². The normalized spacial score (nSPS) is 12.1. The fourth-order valence-electron chi connectivity index (χ4n) is 4.88. The number of ether oxygens (including phenoxy) is 1. The maximum atomic E-state index is 12.3. The first-order valence-electron chi connectivity index (χ1n) is 15.0. The summed E-state index contributed by atoms with van der Waals surface area (Å²) in [6, 6.07) is 25.8. The lowest BCUT2D eigenvalue weighted by Crippen LogP contribution is -2.34. The zero-order valence-corrected chi connectivity index (χ0v) is 26.0. The molecule has 0 aliphatic carbocycles. The van der Waals surface area contributed by atoms with E-state index in [9.17, 15) is 18.3 Å². The number of amides is 1. The minimum absolute atomic E-state index is 0.0439. The number of carbonyl (C=O) groups excluding carboxylic acids is 1.